The van der Waals surface area contributed by atoms with Gasteiger partial charge in [-0.05, 0) is 43.9 Å². The molecular weight excluding hydrogens is 374 g/mol. The number of hydrogen-bond acceptors (Lipinski definition) is 5. The fourth-order valence-corrected chi connectivity index (χ4v) is 5.43. The average molecular weight is 390 g/mol. The maximum atomic E-state index is 12.5. The summed E-state index contributed by atoms with van der Waals surface area (Å²) < 4.78 is 0. The highest BCUT2D eigenvalue weighted by molar-refractivity contribution is 8.00. The third kappa shape index (κ3) is 3.26. The van der Waals surface area contributed by atoms with Crippen LogP contribution in [0.1, 0.15) is 23.8 Å². The van der Waals surface area contributed by atoms with Crippen LogP contribution in [0.25, 0.3) is 10.2 Å². The van der Waals surface area contributed by atoms with Crippen LogP contribution in [0.2, 0.25) is 5.02 Å². The second kappa shape index (κ2) is 6.94. The minimum Gasteiger partial charge on any atom is -0.324 e. The molecule has 1 N–H and O–H groups in total. The van der Waals surface area contributed by atoms with Gasteiger partial charge in [-0.1, -0.05) is 35.5 Å². The smallest absolute Gasteiger partial charge is 0.237 e. The molecule has 0 aliphatic heterocycles. The Morgan fingerprint density at radius 2 is 2.16 bits per heavy atom. The summed E-state index contributed by atoms with van der Waals surface area (Å²) >= 11 is 9.36. The number of hydrogen-bond donors (Lipinski definition) is 1. The summed E-state index contributed by atoms with van der Waals surface area (Å²) in [6.07, 6.45) is 4.99. The fourth-order valence-electron chi connectivity index (χ4n) is 3.01. The Morgan fingerprint density at radius 3 is 3.00 bits per heavy atom. The van der Waals surface area contributed by atoms with E-state index in [1.165, 1.54) is 28.6 Å². The number of nitrogens with one attached hydrogen (secondary N) is 1. The van der Waals surface area contributed by atoms with Gasteiger partial charge in [-0.3, -0.25) is 4.79 Å². The Balaban J connectivity index is 1.57. The van der Waals surface area contributed by atoms with Crippen LogP contribution in [-0.4, -0.2) is 21.1 Å². The van der Waals surface area contributed by atoms with Crippen LogP contribution >= 0.6 is 34.7 Å². The number of benzene rings is 1. The minimum absolute atomic E-state index is 0.0864. The molecule has 2 aromatic heterocycles. The molecule has 0 radical (unpaired) electrons. The van der Waals surface area contributed by atoms with E-state index in [9.17, 15) is 4.79 Å². The zero-order valence-corrected chi connectivity index (χ0v) is 16.0. The highest BCUT2D eigenvalue weighted by Crippen LogP contribution is 2.41. The number of thioether (sulfide) groups is 1. The van der Waals surface area contributed by atoms with Gasteiger partial charge in [0.1, 0.15) is 16.2 Å². The van der Waals surface area contributed by atoms with Gasteiger partial charge < -0.3 is 5.32 Å². The molecule has 0 unspecified atom stereocenters. The summed E-state index contributed by atoms with van der Waals surface area (Å²) in [5.74, 6) is -0.0864. The Bertz CT molecular complexity index is 957. The summed E-state index contributed by atoms with van der Waals surface area (Å²) in [5, 5.41) is 5.18. The van der Waals surface area contributed by atoms with Gasteiger partial charge in [-0.15, -0.1) is 11.3 Å². The molecule has 128 valence electrons. The predicted molar refractivity (Wildman–Crippen MR) is 105 cm³/mol. The number of aromatic nitrogens is 2. The molecule has 1 amide bonds. The Kier molecular flexibility index (Phi) is 4.67. The maximum Gasteiger partial charge on any atom is 0.237 e. The molecule has 4 rings (SSSR count). The molecule has 2 heterocycles. The van der Waals surface area contributed by atoms with Crippen molar-refractivity contribution in [1.29, 1.82) is 0 Å². The van der Waals surface area contributed by atoms with Gasteiger partial charge in [0.2, 0.25) is 5.91 Å². The normalized spacial score (nSPS) is 14.5. The predicted octanol–water partition coefficient (Wildman–Crippen LogP) is 4.95. The first-order valence-electron chi connectivity index (χ1n) is 8.11. The number of thiophene rings is 1. The molecule has 0 fully saturated rings. The first-order chi connectivity index (χ1) is 12.1. The molecule has 25 heavy (non-hydrogen) atoms. The van der Waals surface area contributed by atoms with Crippen LogP contribution in [0.3, 0.4) is 0 Å². The first kappa shape index (κ1) is 16.8. The van der Waals surface area contributed by atoms with Gasteiger partial charge in [0.05, 0.1) is 16.0 Å². The van der Waals surface area contributed by atoms with E-state index in [0.717, 1.165) is 28.1 Å². The lowest BCUT2D eigenvalue weighted by molar-refractivity contribution is -0.115. The van der Waals surface area contributed by atoms with Gasteiger partial charge >= 0.3 is 0 Å². The number of para-hydroxylation sites is 1. The lowest BCUT2D eigenvalue weighted by atomic mass is 10.2. The number of halogens is 1. The van der Waals surface area contributed by atoms with E-state index in [1.54, 1.807) is 29.8 Å². The van der Waals surface area contributed by atoms with Crippen molar-refractivity contribution in [3.8, 4) is 0 Å². The summed E-state index contributed by atoms with van der Waals surface area (Å²) in [6.45, 7) is 1.89. The second-order valence-corrected chi connectivity index (χ2v) is 8.77. The molecule has 0 saturated carbocycles. The van der Waals surface area contributed by atoms with E-state index in [4.69, 9.17) is 11.6 Å². The van der Waals surface area contributed by atoms with Crippen LogP contribution in [0.15, 0.2) is 35.6 Å². The molecule has 0 bridgehead atoms. The van der Waals surface area contributed by atoms with E-state index < -0.39 is 0 Å². The number of carbonyl (C=O) groups is 1. The van der Waals surface area contributed by atoms with Crippen molar-refractivity contribution in [1.82, 2.24) is 9.97 Å². The van der Waals surface area contributed by atoms with Crippen molar-refractivity contribution in [3.63, 3.8) is 0 Å². The van der Waals surface area contributed by atoms with Gasteiger partial charge in [-0.2, -0.15) is 0 Å². The number of nitrogens with zero attached hydrogens (tertiary/aromatic N) is 2. The molecule has 1 aliphatic carbocycles. The molecule has 1 atom stereocenters. The summed E-state index contributed by atoms with van der Waals surface area (Å²) in [6, 6.07) is 7.25. The number of fused-ring (bicyclic) bond motifs is 3. The van der Waals surface area contributed by atoms with Crippen molar-refractivity contribution in [2.24, 2.45) is 0 Å². The Hall–Kier alpha value is -1.63. The third-order valence-corrected chi connectivity index (χ3v) is 6.89. The second-order valence-electron chi connectivity index (χ2n) is 5.95. The van der Waals surface area contributed by atoms with Crippen molar-refractivity contribution in [3.05, 3.63) is 46.1 Å². The Labute approximate surface area is 159 Å². The zero-order chi connectivity index (χ0) is 17.4. The van der Waals surface area contributed by atoms with Gasteiger partial charge in [0.15, 0.2) is 0 Å². The monoisotopic (exact) mass is 389 g/mol. The van der Waals surface area contributed by atoms with E-state index >= 15 is 0 Å². The van der Waals surface area contributed by atoms with Gasteiger partial charge in [-0.25, -0.2) is 9.97 Å². The SMILES string of the molecule is C[C@@H](Sc1ncnc2sc3c(c12)CCC3)C(=O)Nc1ccccc1Cl. The zero-order valence-electron chi connectivity index (χ0n) is 13.6. The summed E-state index contributed by atoms with van der Waals surface area (Å²) in [4.78, 5) is 23.9. The number of rotatable bonds is 4. The van der Waals surface area contributed by atoms with Crippen LogP contribution in [0.4, 0.5) is 5.69 Å². The largest absolute Gasteiger partial charge is 0.324 e. The minimum atomic E-state index is -0.286. The van der Waals surface area contributed by atoms with Crippen molar-refractivity contribution in [2.45, 2.75) is 36.5 Å². The fraction of sp³-hybridized carbons (Fsp3) is 0.278. The van der Waals surface area contributed by atoms with Crippen LogP contribution in [0, 0.1) is 0 Å². The van der Waals surface area contributed by atoms with E-state index in [2.05, 4.69) is 15.3 Å². The van der Waals surface area contributed by atoms with Crippen LogP contribution in [0.5, 0.6) is 0 Å². The highest BCUT2D eigenvalue weighted by Gasteiger charge is 2.24. The lowest BCUT2D eigenvalue weighted by Crippen LogP contribution is -2.22. The molecule has 0 saturated heterocycles. The summed E-state index contributed by atoms with van der Waals surface area (Å²) in [5.41, 5.74) is 2.01. The number of anilines is 1. The number of carbonyl (C=O) groups excluding carboxylic acids is 1. The van der Waals surface area contributed by atoms with Crippen molar-refractivity contribution >= 4 is 56.5 Å². The summed E-state index contributed by atoms with van der Waals surface area (Å²) in [7, 11) is 0. The quantitative estimate of drug-likeness (QED) is 0.506. The van der Waals surface area contributed by atoms with E-state index in [0.29, 0.717) is 10.7 Å². The molecule has 0 spiro atoms. The molecule has 3 aromatic rings. The van der Waals surface area contributed by atoms with Crippen molar-refractivity contribution < 1.29 is 4.79 Å². The molecule has 4 nitrogen and oxygen atoms in total. The lowest BCUT2D eigenvalue weighted by Gasteiger charge is -2.13. The van der Waals surface area contributed by atoms with Crippen LogP contribution < -0.4 is 5.32 Å². The molecule has 7 heteroatoms. The number of aryl methyl sites for hydroxylation is 2. The molecule has 1 aliphatic rings. The average Bonchev–Trinajstić information content (AvgIpc) is 3.18. The standard InChI is InChI=1S/C18H16ClN3OS2/c1-10(16(23)22-13-7-3-2-6-12(13)19)24-17-15-11-5-4-8-14(11)25-18(15)21-9-20-17/h2-3,6-7,9-10H,4-5,8H2,1H3,(H,22,23)/t10-/m1/s1. The van der Waals surface area contributed by atoms with Crippen LogP contribution in [-0.2, 0) is 17.6 Å². The third-order valence-electron chi connectivity index (χ3n) is 4.26. The maximum absolute atomic E-state index is 12.5. The Morgan fingerprint density at radius 1 is 1.32 bits per heavy atom. The van der Waals surface area contributed by atoms with Crippen molar-refractivity contribution in [2.75, 3.05) is 5.32 Å². The first-order valence-corrected chi connectivity index (χ1v) is 10.2. The molecule has 1 aromatic carbocycles. The topological polar surface area (TPSA) is 54.9 Å². The van der Waals surface area contributed by atoms with E-state index in [-0.39, 0.29) is 11.2 Å². The molecular formula is C18H16ClN3OS2. The number of amides is 1. The highest BCUT2D eigenvalue weighted by atomic mass is 35.5. The van der Waals surface area contributed by atoms with Gasteiger partial charge in [0, 0.05) is 10.3 Å². The van der Waals surface area contributed by atoms with E-state index in [1.807, 2.05) is 19.1 Å². The van der Waals surface area contributed by atoms with Gasteiger partial charge in [0.25, 0.3) is 0 Å².